The summed E-state index contributed by atoms with van der Waals surface area (Å²) in [6, 6.07) is 12.1. The first-order valence-electron chi connectivity index (χ1n) is 10.2. The van der Waals surface area contributed by atoms with Crippen LogP contribution in [0, 0.1) is 5.82 Å². The molecule has 2 heterocycles. The van der Waals surface area contributed by atoms with Crippen molar-refractivity contribution in [2.24, 2.45) is 5.73 Å². The number of imidazole rings is 1. The van der Waals surface area contributed by atoms with Crippen LogP contribution in [0.5, 0.6) is 5.75 Å². The molecule has 0 aliphatic heterocycles. The Kier molecular flexibility index (Phi) is 6.09. The van der Waals surface area contributed by atoms with Gasteiger partial charge in [-0.05, 0) is 31.2 Å². The first-order valence-corrected chi connectivity index (χ1v) is 10.2. The first kappa shape index (κ1) is 22.6. The van der Waals surface area contributed by atoms with Gasteiger partial charge in [-0.25, -0.2) is 23.7 Å². The minimum atomic E-state index is -0.958. The van der Waals surface area contributed by atoms with Crippen molar-refractivity contribution in [3.05, 3.63) is 70.5 Å². The molecule has 10 nitrogen and oxygen atoms in total. The molecule has 1 amide bonds. The predicted octanol–water partition coefficient (Wildman–Crippen LogP) is 2.06. The number of amides is 1. The average molecular weight is 465 g/mol. The fourth-order valence-corrected chi connectivity index (χ4v) is 3.60. The number of methoxy groups -OCH3 is 1. The van der Waals surface area contributed by atoms with Gasteiger partial charge in [0.15, 0.2) is 17.2 Å². The lowest BCUT2D eigenvalue weighted by molar-refractivity contribution is -0.143. The number of esters is 1. The van der Waals surface area contributed by atoms with Gasteiger partial charge in [0.25, 0.3) is 5.91 Å². The van der Waals surface area contributed by atoms with E-state index >= 15 is 0 Å². The lowest BCUT2D eigenvalue weighted by Crippen LogP contribution is -2.28. The third-order valence-electron chi connectivity index (χ3n) is 5.00. The Balaban J connectivity index is 2.13. The van der Waals surface area contributed by atoms with Gasteiger partial charge in [0, 0.05) is 5.56 Å². The number of nitrogens with two attached hydrogens (primary N) is 1. The number of para-hydroxylation sites is 2. The van der Waals surface area contributed by atoms with Gasteiger partial charge in [-0.2, -0.15) is 0 Å². The van der Waals surface area contributed by atoms with E-state index < -0.39 is 29.9 Å². The quantitative estimate of drug-likeness (QED) is 0.413. The summed E-state index contributed by atoms with van der Waals surface area (Å²) in [6.45, 7) is 1.22. The third-order valence-corrected chi connectivity index (χ3v) is 5.00. The third kappa shape index (κ3) is 3.98. The summed E-state index contributed by atoms with van der Waals surface area (Å²) in [5.74, 6) is -1.89. The summed E-state index contributed by atoms with van der Waals surface area (Å²) in [7, 11) is 1.43. The van der Waals surface area contributed by atoms with E-state index in [9.17, 15) is 18.8 Å². The second-order valence-corrected chi connectivity index (χ2v) is 7.12. The maximum absolute atomic E-state index is 13.9. The summed E-state index contributed by atoms with van der Waals surface area (Å²) in [6.07, 6.45) is 0. The average Bonchev–Trinajstić information content (AvgIpc) is 3.09. The predicted molar refractivity (Wildman–Crippen MR) is 120 cm³/mol. The monoisotopic (exact) mass is 465 g/mol. The Morgan fingerprint density at radius 2 is 1.88 bits per heavy atom. The number of primary amides is 1. The van der Waals surface area contributed by atoms with Gasteiger partial charge in [0.2, 0.25) is 0 Å². The Hall–Kier alpha value is -4.54. The number of hydrogen-bond acceptors (Lipinski definition) is 7. The molecule has 0 fully saturated rings. The number of halogens is 1. The van der Waals surface area contributed by atoms with Gasteiger partial charge < -0.3 is 15.2 Å². The van der Waals surface area contributed by atoms with Crippen LogP contribution in [0.4, 0.5) is 4.39 Å². The van der Waals surface area contributed by atoms with Crippen LogP contribution in [0.1, 0.15) is 17.4 Å². The standard InChI is InChI=1S/C23H20FN5O5/c1-3-34-17(30)12-28-19-18(20(25)31)26-21(13-7-6-8-14(24)11-13)27-22(19)29(23(28)32)15-9-4-5-10-16(15)33-2/h4-11H,3,12H2,1-2H3,(H2,25,31). The topological polar surface area (TPSA) is 131 Å². The van der Waals surface area contributed by atoms with Crippen molar-refractivity contribution in [2.75, 3.05) is 13.7 Å². The molecule has 0 atom stereocenters. The van der Waals surface area contributed by atoms with E-state index in [1.54, 1.807) is 37.3 Å². The molecule has 0 saturated carbocycles. The highest BCUT2D eigenvalue weighted by atomic mass is 19.1. The van der Waals surface area contributed by atoms with Crippen LogP contribution in [0.2, 0.25) is 0 Å². The molecule has 0 aliphatic rings. The van der Waals surface area contributed by atoms with Crippen molar-refractivity contribution in [1.82, 2.24) is 19.1 Å². The number of rotatable bonds is 7. The van der Waals surface area contributed by atoms with Crippen LogP contribution >= 0.6 is 0 Å². The molecule has 0 saturated heterocycles. The zero-order valence-electron chi connectivity index (χ0n) is 18.3. The van der Waals surface area contributed by atoms with Crippen molar-refractivity contribution in [3.63, 3.8) is 0 Å². The fraction of sp³-hybridized carbons (Fsp3) is 0.174. The number of fused-ring (bicyclic) bond motifs is 1. The molecule has 2 aromatic carbocycles. The minimum Gasteiger partial charge on any atom is -0.495 e. The van der Waals surface area contributed by atoms with Crippen LogP contribution < -0.4 is 16.2 Å². The second-order valence-electron chi connectivity index (χ2n) is 7.12. The number of nitrogens with zero attached hydrogens (tertiary/aromatic N) is 4. The Bertz CT molecular complexity index is 1480. The van der Waals surface area contributed by atoms with Crippen molar-refractivity contribution in [1.29, 1.82) is 0 Å². The van der Waals surface area contributed by atoms with Crippen molar-refractivity contribution in [2.45, 2.75) is 13.5 Å². The van der Waals surface area contributed by atoms with E-state index in [0.29, 0.717) is 11.4 Å². The molecule has 4 rings (SSSR count). The number of carbonyl (C=O) groups is 2. The maximum Gasteiger partial charge on any atom is 0.335 e. The fourth-order valence-electron chi connectivity index (χ4n) is 3.60. The molecule has 4 aromatic rings. The minimum absolute atomic E-state index is 0.0122. The molecule has 2 aromatic heterocycles. The van der Waals surface area contributed by atoms with E-state index in [1.807, 2.05) is 0 Å². The molecule has 0 radical (unpaired) electrons. The summed E-state index contributed by atoms with van der Waals surface area (Å²) in [4.78, 5) is 46.9. The number of benzene rings is 2. The summed E-state index contributed by atoms with van der Waals surface area (Å²) >= 11 is 0. The van der Waals surface area contributed by atoms with Crippen molar-refractivity contribution >= 4 is 23.0 Å². The molecule has 0 spiro atoms. The van der Waals surface area contributed by atoms with Gasteiger partial charge in [-0.3, -0.25) is 14.2 Å². The summed E-state index contributed by atoms with van der Waals surface area (Å²) < 4.78 is 26.5. The Morgan fingerprint density at radius 1 is 1.12 bits per heavy atom. The highest BCUT2D eigenvalue weighted by Gasteiger charge is 2.26. The SMILES string of the molecule is CCOC(=O)Cn1c(=O)n(-c2ccccc2OC)c2nc(-c3cccc(F)c3)nc(C(N)=O)c21. The maximum atomic E-state index is 13.9. The van der Waals surface area contributed by atoms with Crippen LogP contribution in [-0.2, 0) is 16.1 Å². The Morgan fingerprint density at radius 3 is 2.56 bits per heavy atom. The van der Waals surface area contributed by atoms with E-state index in [-0.39, 0.29) is 34.9 Å². The zero-order valence-corrected chi connectivity index (χ0v) is 18.3. The molecular weight excluding hydrogens is 445 g/mol. The van der Waals surface area contributed by atoms with E-state index in [4.69, 9.17) is 15.2 Å². The smallest absolute Gasteiger partial charge is 0.335 e. The molecule has 0 bridgehead atoms. The van der Waals surface area contributed by atoms with Gasteiger partial charge in [-0.1, -0.05) is 24.3 Å². The van der Waals surface area contributed by atoms with Gasteiger partial charge in [-0.15, -0.1) is 0 Å². The second kappa shape index (κ2) is 9.14. The van der Waals surface area contributed by atoms with Crippen LogP contribution in [-0.4, -0.2) is 44.7 Å². The molecule has 0 unspecified atom stereocenters. The highest BCUT2D eigenvalue weighted by molar-refractivity contribution is 6.02. The van der Waals surface area contributed by atoms with Crippen molar-refractivity contribution < 1.29 is 23.5 Å². The molecule has 2 N–H and O–H groups in total. The molecule has 174 valence electrons. The van der Waals surface area contributed by atoms with Crippen LogP contribution in [0.25, 0.3) is 28.2 Å². The summed E-state index contributed by atoms with van der Waals surface area (Å²) in [5.41, 5.74) is 5.10. The number of carbonyl (C=O) groups excluding carboxylic acids is 2. The first-order chi connectivity index (χ1) is 16.3. The zero-order chi connectivity index (χ0) is 24.4. The highest BCUT2D eigenvalue weighted by Crippen LogP contribution is 2.27. The largest absolute Gasteiger partial charge is 0.495 e. The lowest BCUT2D eigenvalue weighted by atomic mass is 10.2. The number of hydrogen-bond donors (Lipinski definition) is 1. The number of ether oxygens (including phenoxy) is 2. The van der Waals surface area contributed by atoms with Gasteiger partial charge in [0.05, 0.1) is 19.4 Å². The van der Waals surface area contributed by atoms with Gasteiger partial charge in [0.1, 0.15) is 23.6 Å². The van der Waals surface area contributed by atoms with Gasteiger partial charge >= 0.3 is 11.7 Å². The van der Waals surface area contributed by atoms with Crippen LogP contribution in [0.15, 0.2) is 53.3 Å². The molecule has 11 heteroatoms. The number of aromatic nitrogens is 4. The summed E-state index contributed by atoms with van der Waals surface area (Å²) in [5, 5.41) is 0. The van der Waals surface area contributed by atoms with Crippen molar-refractivity contribution in [3.8, 4) is 22.8 Å². The molecule has 34 heavy (non-hydrogen) atoms. The van der Waals surface area contributed by atoms with E-state index in [1.165, 1.54) is 29.9 Å². The molecule has 0 aliphatic carbocycles. The normalized spacial score (nSPS) is 10.9. The van der Waals surface area contributed by atoms with Crippen LogP contribution in [0.3, 0.4) is 0 Å². The Labute approximate surface area is 192 Å². The molecular formula is C23H20FN5O5. The lowest BCUT2D eigenvalue weighted by Gasteiger charge is -2.10. The van der Waals surface area contributed by atoms with E-state index in [0.717, 1.165) is 4.57 Å². The van der Waals surface area contributed by atoms with E-state index in [2.05, 4.69) is 9.97 Å².